The van der Waals surface area contributed by atoms with E-state index in [0.717, 1.165) is 0 Å². The van der Waals surface area contributed by atoms with E-state index >= 15 is 0 Å². The molecule has 0 aromatic rings. The predicted octanol–water partition coefficient (Wildman–Crippen LogP) is 2.00. The minimum absolute atomic E-state index is 0.162. The molecule has 0 rings (SSSR count). The van der Waals surface area contributed by atoms with Gasteiger partial charge in [0.15, 0.2) is 0 Å². The highest BCUT2D eigenvalue weighted by molar-refractivity contribution is 5.87. The summed E-state index contributed by atoms with van der Waals surface area (Å²) in [5.74, 6) is -11.7. The summed E-state index contributed by atoms with van der Waals surface area (Å²) in [4.78, 5) is 22.6. The monoisotopic (exact) mass is 386 g/mol. The largest absolute Gasteiger partial charge is 0.456 e. The van der Waals surface area contributed by atoms with Gasteiger partial charge in [0.1, 0.15) is 12.2 Å². The molecule has 10 heteroatoms. The Morgan fingerprint density at radius 3 is 1.31 bits per heavy atom. The molecule has 0 aliphatic rings. The number of rotatable bonds is 11. The second-order valence-corrected chi connectivity index (χ2v) is 5.80. The Balaban J connectivity index is 5.14. The van der Waals surface area contributed by atoms with Crippen molar-refractivity contribution in [1.82, 2.24) is 0 Å². The van der Waals surface area contributed by atoms with Crippen molar-refractivity contribution >= 4 is 11.9 Å². The number of hydrogen-bond donors (Lipinski definition) is 2. The van der Waals surface area contributed by atoms with Gasteiger partial charge in [0.2, 0.25) is 0 Å². The Kier molecular flexibility index (Phi) is 8.95. The zero-order valence-corrected chi connectivity index (χ0v) is 14.4. The SMILES string of the molecule is C=C(C)C(=O)OC(CO)CC(F)(F)C(F)(F)CC(CO)OC(=O)C(=C)C. The number of esters is 2. The lowest BCUT2D eigenvalue weighted by Gasteiger charge is -2.31. The first-order chi connectivity index (χ1) is 11.8. The fraction of sp³-hybridized carbons (Fsp3) is 0.625. The number of alkyl halides is 4. The van der Waals surface area contributed by atoms with Crippen molar-refractivity contribution in [1.29, 1.82) is 0 Å². The standard InChI is InChI=1S/C16H22F4O6/c1-9(2)13(23)25-11(7-21)5-15(17,18)16(19,20)6-12(8-22)26-14(24)10(3)4/h11-12,21-22H,1,3,5-8H2,2,4H3. The van der Waals surface area contributed by atoms with Crippen LogP contribution in [-0.2, 0) is 19.1 Å². The molecule has 0 bridgehead atoms. The summed E-state index contributed by atoms with van der Waals surface area (Å²) in [5, 5.41) is 18.0. The van der Waals surface area contributed by atoms with Crippen molar-refractivity contribution in [2.75, 3.05) is 13.2 Å². The lowest BCUT2D eigenvalue weighted by molar-refractivity contribution is -0.238. The van der Waals surface area contributed by atoms with Gasteiger partial charge < -0.3 is 19.7 Å². The summed E-state index contributed by atoms with van der Waals surface area (Å²) < 4.78 is 64.8. The first kappa shape index (κ1) is 24.1. The van der Waals surface area contributed by atoms with Gasteiger partial charge >= 0.3 is 23.8 Å². The van der Waals surface area contributed by atoms with Crippen LogP contribution >= 0.6 is 0 Å². The lowest BCUT2D eigenvalue weighted by atomic mass is 9.99. The van der Waals surface area contributed by atoms with Crippen LogP contribution < -0.4 is 0 Å². The van der Waals surface area contributed by atoms with Crippen LogP contribution in [0.25, 0.3) is 0 Å². The van der Waals surface area contributed by atoms with E-state index < -0.39 is 62.0 Å². The van der Waals surface area contributed by atoms with Crippen molar-refractivity contribution < 1.29 is 46.8 Å². The Morgan fingerprint density at radius 2 is 1.12 bits per heavy atom. The third-order valence-corrected chi connectivity index (χ3v) is 3.15. The predicted molar refractivity (Wildman–Crippen MR) is 82.7 cm³/mol. The molecular weight excluding hydrogens is 364 g/mol. The molecule has 0 fully saturated rings. The molecule has 0 heterocycles. The van der Waals surface area contributed by atoms with Crippen LogP contribution in [0, 0.1) is 0 Å². The second kappa shape index (κ2) is 9.67. The smallest absolute Gasteiger partial charge is 0.333 e. The van der Waals surface area contributed by atoms with E-state index in [4.69, 9.17) is 10.2 Å². The Hall–Kier alpha value is -1.94. The average molecular weight is 386 g/mol. The second-order valence-electron chi connectivity index (χ2n) is 5.80. The summed E-state index contributed by atoms with van der Waals surface area (Å²) in [5.41, 5.74) is -0.323. The highest BCUT2D eigenvalue weighted by Crippen LogP contribution is 2.42. The quantitative estimate of drug-likeness (QED) is 0.321. The van der Waals surface area contributed by atoms with Crippen LogP contribution in [0.15, 0.2) is 24.3 Å². The van der Waals surface area contributed by atoms with Gasteiger partial charge in [-0.25, -0.2) is 9.59 Å². The van der Waals surface area contributed by atoms with Crippen LogP contribution in [0.2, 0.25) is 0 Å². The van der Waals surface area contributed by atoms with E-state index in [-0.39, 0.29) is 11.1 Å². The molecule has 150 valence electrons. The molecule has 26 heavy (non-hydrogen) atoms. The van der Waals surface area contributed by atoms with Gasteiger partial charge in [0.25, 0.3) is 0 Å². The molecule has 0 aromatic carbocycles. The molecule has 2 atom stereocenters. The maximum atomic E-state index is 14.0. The van der Waals surface area contributed by atoms with E-state index in [1.807, 2.05) is 0 Å². The molecule has 0 aliphatic carbocycles. The fourth-order valence-electron chi connectivity index (χ4n) is 1.66. The number of hydrogen-bond acceptors (Lipinski definition) is 6. The molecule has 0 saturated heterocycles. The van der Waals surface area contributed by atoms with Gasteiger partial charge in [-0.1, -0.05) is 13.2 Å². The van der Waals surface area contributed by atoms with E-state index in [1.165, 1.54) is 13.8 Å². The zero-order chi connectivity index (χ0) is 20.7. The maximum Gasteiger partial charge on any atom is 0.333 e. The van der Waals surface area contributed by atoms with Gasteiger partial charge in [-0.3, -0.25) is 0 Å². The normalized spacial score (nSPS) is 14.3. The van der Waals surface area contributed by atoms with Crippen molar-refractivity contribution in [2.45, 2.75) is 50.7 Å². The number of carbonyl (C=O) groups is 2. The van der Waals surface area contributed by atoms with Gasteiger partial charge in [0.05, 0.1) is 26.1 Å². The molecule has 0 aromatic heterocycles. The van der Waals surface area contributed by atoms with Crippen LogP contribution in [0.4, 0.5) is 17.6 Å². The van der Waals surface area contributed by atoms with Crippen LogP contribution in [-0.4, -0.2) is 59.4 Å². The minimum atomic E-state index is -4.72. The third kappa shape index (κ3) is 7.12. The topological polar surface area (TPSA) is 93.1 Å². The van der Waals surface area contributed by atoms with Gasteiger partial charge in [0, 0.05) is 11.1 Å². The molecule has 6 nitrogen and oxygen atoms in total. The highest BCUT2D eigenvalue weighted by atomic mass is 19.3. The average Bonchev–Trinajstić information content (AvgIpc) is 2.52. The summed E-state index contributed by atoms with van der Waals surface area (Å²) in [6.07, 6.45) is -7.15. The third-order valence-electron chi connectivity index (χ3n) is 3.15. The minimum Gasteiger partial charge on any atom is -0.456 e. The van der Waals surface area contributed by atoms with Crippen molar-refractivity contribution in [2.24, 2.45) is 0 Å². The van der Waals surface area contributed by atoms with Gasteiger partial charge in [-0.2, -0.15) is 17.6 Å². The number of carbonyl (C=O) groups excluding carboxylic acids is 2. The number of halogens is 4. The molecular formula is C16H22F4O6. The van der Waals surface area contributed by atoms with Gasteiger partial charge in [-0.05, 0) is 13.8 Å². The molecule has 0 amide bonds. The zero-order valence-electron chi connectivity index (χ0n) is 14.4. The first-order valence-electron chi connectivity index (χ1n) is 7.47. The Morgan fingerprint density at radius 1 is 0.846 bits per heavy atom. The summed E-state index contributed by atoms with van der Waals surface area (Å²) >= 11 is 0. The number of aliphatic hydroxyl groups is 2. The lowest BCUT2D eigenvalue weighted by Crippen LogP contribution is -2.47. The summed E-state index contributed by atoms with van der Waals surface area (Å²) in [6.45, 7) is 6.61. The molecule has 0 saturated carbocycles. The first-order valence-corrected chi connectivity index (χ1v) is 7.47. The molecule has 0 radical (unpaired) electrons. The molecule has 2 N–H and O–H groups in total. The van der Waals surface area contributed by atoms with E-state index in [2.05, 4.69) is 22.6 Å². The molecule has 2 unspecified atom stereocenters. The Bertz CT molecular complexity index is 499. The van der Waals surface area contributed by atoms with E-state index in [1.54, 1.807) is 0 Å². The summed E-state index contributed by atoms with van der Waals surface area (Å²) in [6, 6.07) is 0. The number of ether oxygens (including phenoxy) is 2. The van der Waals surface area contributed by atoms with E-state index in [9.17, 15) is 27.2 Å². The number of aliphatic hydroxyl groups excluding tert-OH is 2. The van der Waals surface area contributed by atoms with Crippen LogP contribution in [0.1, 0.15) is 26.7 Å². The van der Waals surface area contributed by atoms with Crippen molar-refractivity contribution in [3.05, 3.63) is 24.3 Å². The highest BCUT2D eigenvalue weighted by Gasteiger charge is 2.58. The van der Waals surface area contributed by atoms with Crippen molar-refractivity contribution in [3.8, 4) is 0 Å². The molecule has 0 spiro atoms. The van der Waals surface area contributed by atoms with Crippen LogP contribution in [0.3, 0.4) is 0 Å². The summed E-state index contributed by atoms with van der Waals surface area (Å²) in [7, 11) is 0. The van der Waals surface area contributed by atoms with Crippen LogP contribution in [0.5, 0.6) is 0 Å². The fourth-order valence-corrected chi connectivity index (χ4v) is 1.66. The molecule has 0 aliphatic heterocycles. The van der Waals surface area contributed by atoms with E-state index in [0.29, 0.717) is 0 Å². The Labute approximate surface area is 148 Å². The van der Waals surface area contributed by atoms with Crippen molar-refractivity contribution in [3.63, 3.8) is 0 Å². The maximum absolute atomic E-state index is 14.0. The van der Waals surface area contributed by atoms with Gasteiger partial charge in [-0.15, -0.1) is 0 Å².